The van der Waals surface area contributed by atoms with E-state index in [9.17, 15) is 13.2 Å². The summed E-state index contributed by atoms with van der Waals surface area (Å²) >= 11 is 2.03. The van der Waals surface area contributed by atoms with Gasteiger partial charge in [-0.25, -0.2) is 0 Å². The zero-order valence-corrected chi connectivity index (χ0v) is 12.7. The van der Waals surface area contributed by atoms with Crippen LogP contribution in [0.2, 0.25) is 0 Å². The molecule has 0 saturated heterocycles. The smallest absolute Gasteiger partial charge is 0.265 e. The largest absolute Gasteiger partial charge is 0.294 e. The van der Waals surface area contributed by atoms with Crippen LogP contribution >= 0.6 is 22.6 Å². The Kier molecular flexibility index (Phi) is 2.99. The predicted octanol–water partition coefficient (Wildman–Crippen LogP) is 2.20. The number of rotatable bonds is 2. The van der Waals surface area contributed by atoms with E-state index in [2.05, 4.69) is 0 Å². The summed E-state index contributed by atoms with van der Waals surface area (Å²) in [4.78, 5) is 12.4. The molecule has 0 spiro atoms. The molecule has 2 rings (SSSR count). The second kappa shape index (κ2) is 3.77. The van der Waals surface area contributed by atoms with Crippen LogP contribution in [0.3, 0.4) is 0 Å². The summed E-state index contributed by atoms with van der Waals surface area (Å²) in [6.45, 7) is 3.86. The Hall–Kier alpha value is 0.0500. The predicted molar refractivity (Wildman–Crippen MR) is 72.5 cm³/mol. The number of hydrogen-bond acceptors (Lipinski definition) is 3. The summed E-state index contributed by atoms with van der Waals surface area (Å²) in [5, 5.41) is 0. The molecule has 0 aromatic heterocycles. The Labute approximate surface area is 115 Å². The molecule has 1 N–H and O–H groups in total. The molecule has 2 unspecified atom stereocenters. The maximum absolute atomic E-state index is 12.4. The highest BCUT2D eigenvalue weighted by Crippen LogP contribution is 2.66. The molecule has 0 amide bonds. The van der Waals surface area contributed by atoms with Gasteiger partial charge < -0.3 is 0 Å². The van der Waals surface area contributed by atoms with Crippen LogP contribution in [-0.2, 0) is 14.9 Å². The Morgan fingerprint density at radius 3 is 2.53 bits per heavy atom. The third-order valence-corrected chi connectivity index (χ3v) is 6.11. The summed E-state index contributed by atoms with van der Waals surface area (Å²) < 4.78 is 33.2. The van der Waals surface area contributed by atoms with Crippen molar-refractivity contribution in [2.75, 3.05) is 5.75 Å². The van der Waals surface area contributed by atoms with Crippen molar-refractivity contribution >= 4 is 38.5 Å². The molecule has 0 aromatic rings. The number of carbonyl (C=O) groups is 1. The van der Waals surface area contributed by atoms with E-state index in [0.29, 0.717) is 6.42 Å². The Bertz CT molecular complexity index is 506. The van der Waals surface area contributed by atoms with Crippen molar-refractivity contribution in [1.82, 2.24) is 0 Å². The highest BCUT2D eigenvalue weighted by molar-refractivity contribution is 14.1. The highest BCUT2D eigenvalue weighted by Gasteiger charge is 2.67. The van der Waals surface area contributed by atoms with E-state index in [1.54, 1.807) is 4.08 Å². The summed E-state index contributed by atoms with van der Waals surface area (Å²) in [7, 11) is -4.14. The van der Waals surface area contributed by atoms with Gasteiger partial charge in [0.05, 0.1) is 11.2 Å². The van der Waals surface area contributed by atoms with E-state index in [1.165, 1.54) is 0 Å². The number of fused-ring (bicyclic) bond motifs is 2. The third-order valence-electron chi connectivity index (χ3n) is 4.58. The molecular weight excluding hydrogens is 355 g/mol. The van der Waals surface area contributed by atoms with Gasteiger partial charge in [0.2, 0.25) is 0 Å². The minimum atomic E-state index is -4.14. The number of hydrogen-bond donors (Lipinski definition) is 1. The lowest BCUT2D eigenvalue weighted by Crippen LogP contribution is -2.42. The Morgan fingerprint density at radius 1 is 1.53 bits per heavy atom. The molecule has 2 saturated carbocycles. The first kappa shape index (κ1) is 13.5. The molecule has 2 fully saturated rings. The lowest BCUT2D eigenvalue weighted by molar-refractivity contribution is -0.125. The van der Waals surface area contributed by atoms with Gasteiger partial charge in [0.15, 0.2) is 5.78 Å². The fourth-order valence-electron chi connectivity index (χ4n) is 3.55. The lowest BCUT2D eigenvalue weighted by Gasteiger charge is -2.34. The standard InChI is InChI=1S/C11H15IO4S/c1-10(2)8-3-4-11(10,6-17(14,15)16)9(13)7(8)5-12/h5,8H,3-4,6H2,1-2H3,(H,14,15,16)/b7-5+. The molecule has 4 nitrogen and oxygen atoms in total. The zero-order chi connectivity index (χ0) is 13.1. The van der Waals surface area contributed by atoms with Gasteiger partial charge in [0, 0.05) is 5.57 Å². The van der Waals surface area contributed by atoms with Crippen LogP contribution in [0.1, 0.15) is 26.7 Å². The fourth-order valence-corrected chi connectivity index (χ4v) is 5.54. The first-order valence-electron chi connectivity index (χ1n) is 5.46. The monoisotopic (exact) mass is 370 g/mol. The van der Waals surface area contributed by atoms with Crippen molar-refractivity contribution in [3.63, 3.8) is 0 Å². The number of Topliss-reactive ketones (excluding diaryl/α,β-unsaturated/α-hetero) is 1. The normalized spacial score (nSPS) is 38.0. The molecule has 0 heterocycles. The van der Waals surface area contributed by atoms with Gasteiger partial charge in [-0.2, -0.15) is 8.42 Å². The third kappa shape index (κ3) is 1.71. The van der Waals surface area contributed by atoms with Crippen LogP contribution in [0.25, 0.3) is 0 Å². The molecule has 2 atom stereocenters. The molecule has 6 heteroatoms. The van der Waals surface area contributed by atoms with E-state index in [4.69, 9.17) is 4.55 Å². The molecule has 0 aliphatic heterocycles. The van der Waals surface area contributed by atoms with Crippen molar-refractivity contribution in [3.05, 3.63) is 9.66 Å². The van der Waals surface area contributed by atoms with Gasteiger partial charge in [-0.15, -0.1) is 0 Å². The van der Waals surface area contributed by atoms with E-state index in [0.717, 1.165) is 12.0 Å². The molecule has 2 bridgehead atoms. The summed E-state index contributed by atoms with van der Waals surface area (Å²) in [6.07, 6.45) is 1.38. The average molecular weight is 370 g/mol. The molecule has 96 valence electrons. The van der Waals surface area contributed by atoms with E-state index in [1.807, 2.05) is 36.4 Å². The number of allylic oxidation sites excluding steroid dienone is 1. The van der Waals surface area contributed by atoms with Gasteiger partial charge in [0.25, 0.3) is 10.1 Å². The minimum Gasteiger partial charge on any atom is -0.294 e. The second-order valence-corrected chi connectivity index (χ2v) is 7.59. The molecule has 2 aliphatic rings. The number of halogens is 1. The summed E-state index contributed by atoms with van der Waals surface area (Å²) in [6, 6.07) is 0. The van der Waals surface area contributed by atoms with Crippen LogP contribution < -0.4 is 0 Å². The maximum atomic E-state index is 12.4. The Balaban J connectivity index is 2.56. The highest BCUT2D eigenvalue weighted by atomic mass is 127. The minimum absolute atomic E-state index is 0.0919. The van der Waals surface area contributed by atoms with E-state index >= 15 is 0 Å². The Morgan fingerprint density at radius 2 is 2.12 bits per heavy atom. The topological polar surface area (TPSA) is 71.4 Å². The van der Waals surface area contributed by atoms with Crippen LogP contribution in [-0.4, -0.2) is 24.5 Å². The van der Waals surface area contributed by atoms with E-state index in [-0.39, 0.29) is 11.7 Å². The van der Waals surface area contributed by atoms with Crippen molar-refractivity contribution in [2.24, 2.45) is 16.7 Å². The van der Waals surface area contributed by atoms with Crippen molar-refractivity contribution in [2.45, 2.75) is 26.7 Å². The van der Waals surface area contributed by atoms with Gasteiger partial charge in [-0.1, -0.05) is 36.4 Å². The van der Waals surface area contributed by atoms with Gasteiger partial charge in [-0.3, -0.25) is 9.35 Å². The molecule has 17 heavy (non-hydrogen) atoms. The summed E-state index contributed by atoms with van der Waals surface area (Å²) in [5.74, 6) is -0.421. The van der Waals surface area contributed by atoms with Crippen LogP contribution in [0.15, 0.2) is 9.66 Å². The SMILES string of the molecule is CC1(C)C2CCC1(CS(=O)(=O)O)C(=O)/C2=C/I. The van der Waals surface area contributed by atoms with Gasteiger partial charge in [0.1, 0.15) is 0 Å². The van der Waals surface area contributed by atoms with Crippen molar-refractivity contribution < 1.29 is 17.8 Å². The zero-order valence-electron chi connectivity index (χ0n) is 9.73. The molecule has 0 radical (unpaired) electrons. The van der Waals surface area contributed by atoms with Crippen molar-refractivity contribution in [1.29, 1.82) is 0 Å². The van der Waals surface area contributed by atoms with Crippen LogP contribution in [0.5, 0.6) is 0 Å². The van der Waals surface area contributed by atoms with Crippen LogP contribution in [0, 0.1) is 16.7 Å². The second-order valence-electron chi connectivity index (χ2n) is 5.51. The maximum Gasteiger partial charge on any atom is 0.265 e. The lowest BCUT2D eigenvalue weighted by atomic mass is 9.70. The summed E-state index contributed by atoms with van der Waals surface area (Å²) in [5.41, 5.74) is -0.593. The number of carbonyl (C=O) groups excluding carboxylic acids is 1. The number of ketones is 1. The van der Waals surface area contributed by atoms with Crippen molar-refractivity contribution in [3.8, 4) is 0 Å². The molecule has 0 aromatic carbocycles. The average Bonchev–Trinajstić information content (AvgIpc) is 2.47. The first-order chi connectivity index (χ1) is 7.66. The van der Waals surface area contributed by atoms with E-state index < -0.39 is 26.7 Å². The molecule has 2 aliphatic carbocycles. The molecular formula is C11H15IO4S. The van der Waals surface area contributed by atoms with Gasteiger partial charge in [-0.05, 0) is 28.3 Å². The quantitative estimate of drug-likeness (QED) is 0.460. The van der Waals surface area contributed by atoms with Gasteiger partial charge >= 0.3 is 0 Å². The first-order valence-corrected chi connectivity index (χ1v) is 8.31. The fraction of sp³-hybridized carbons (Fsp3) is 0.727. The van der Waals surface area contributed by atoms with Crippen LogP contribution in [0.4, 0.5) is 0 Å².